The first-order valence-corrected chi connectivity index (χ1v) is 4.06. The Morgan fingerprint density at radius 2 is 2.14 bits per heavy atom. The molecule has 0 aliphatic heterocycles. The number of carboxylic acids is 1. The maximum atomic E-state index is 10.7. The molecule has 1 amide bonds. The van der Waals surface area contributed by atoms with Crippen LogP contribution >= 0.6 is 11.6 Å². The number of carboxylic acid groups (broad SMARTS) is 1. The molecule has 1 aromatic heterocycles. The summed E-state index contributed by atoms with van der Waals surface area (Å²) in [6.07, 6.45) is 0. The number of nitrogens with zero attached hydrogens (tertiary/aromatic N) is 1. The van der Waals surface area contributed by atoms with Gasteiger partial charge in [0.2, 0.25) is 5.91 Å². The van der Waals surface area contributed by atoms with Crippen molar-refractivity contribution < 1.29 is 14.7 Å². The Morgan fingerprint density at radius 1 is 1.50 bits per heavy atom. The number of carbonyl (C=O) groups excluding carboxylic acids is 1. The van der Waals surface area contributed by atoms with Crippen molar-refractivity contribution in [1.82, 2.24) is 4.98 Å². The molecule has 0 bridgehead atoms. The van der Waals surface area contributed by atoms with Crippen LogP contribution in [0, 0.1) is 0 Å². The number of carbonyl (C=O) groups is 2. The largest absolute Gasteiger partial charge is 0.476 e. The minimum Gasteiger partial charge on any atom is -0.476 e. The van der Waals surface area contributed by atoms with Crippen molar-refractivity contribution in [3.8, 4) is 0 Å². The van der Waals surface area contributed by atoms with Gasteiger partial charge in [-0.3, -0.25) is 4.79 Å². The number of rotatable bonds is 2. The second kappa shape index (κ2) is 4.06. The number of hydrogen-bond donors (Lipinski definition) is 2. The third-order valence-corrected chi connectivity index (χ3v) is 1.59. The van der Waals surface area contributed by atoms with Crippen molar-refractivity contribution in [3.63, 3.8) is 0 Å². The van der Waals surface area contributed by atoms with Gasteiger partial charge in [-0.1, -0.05) is 11.6 Å². The first kappa shape index (κ1) is 10.5. The summed E-state index contributed by atoms with van der Waals surface area (Å²) in [5, 5.41) is 11.1. The van der Waals surface area contributed by atoms with Crippen LogP contribution in [0.1, 0.15) is 17.4 Å². The lowest BCUT2D eigenvalue weighted by atomic mass is 10.3. The quantitative estimate of drug-likeness (QED) is 0.730. The van der Waals surface area contributed by atoms with Crippen molar-refractivity contribution in [1.29, 1.82) is 0 Å². The van der Waals surface area contributed by atoms with E-state index in [1.807, 2.05) is 0 Å². The van der Waals surface area contributed by atoms with Gasteiger partial charge in [-0.25, -0.2) is 9.78 Å². The average molecular weight is 215 g/mol. The van der Waals surface area contributed by atoms with E-state index in [2.05, 4.69) is 10.3 Å². The van der Waals surface area contributed by atoms with E-state index in [1.165, 1.54) is 19.1 Å². The van der Waals surface area contributed by atoms with Gasteiger partial charge in [-0.15, -0.1) is 0 Å². The maximum absolute atomic E-state index is 10.7. The van der Waals surface area contributed by atoms with Crippen molar-refractivity contribution in [3.05, 3.63) is 23.0 Å². The monoisotopic (exact) mass is 214 g/mol. The number of hydrogen-bond acceptors (Lipinski definition) is 3. The lowest BCUT2D eigenvalue weighted by molar-refractivity contribution is -0.114. The van der Waals surface area contributed by atoms with Gasteiger partial charge in [0.25, 0.3) is 0 Å². The van der Waals surface area contributed by atoms with E-state index in [0.717, 1.165) is 0 Å². The Labute approximate surface area is 84.7 Å². The second-order valence-electron chi connectivity index (χ2n) is 2.52. The predicted octanol–water partition coefficient (Wildman–Crippen LogP) is 1.39. The molecule has 0 aliphatic carbocycles. The van der Waals surface area contributed by atoms with Crippen LogP contribution < -0.4 is 5.32 Å². The summed E-state index contributed by atoms with van der Waals surface area (Å²) in [6.45, 7) is 1.28. The Bertz CT molecular complexity index is 392. The van der Waals surface area contributed by atoms with E-state index in [9.17, 15) is 9.59 Å². The van der Waals surface area contributed by atoms with Crippen LogP contribution in [0.4, 0.5) is 5.69 Å². The van der Waals surface area contributed by atoms with Crippen LogP contribution in [0.15, 0.2) is 12.1 Å². The number of nitrogens with one attached hydrogen (secondary N) is 1. The number of halogens is 1. The lowest BCUT2D eigenvalue weighted by Gasteiger charge is -2.05. The molecule has 0 radical (unpaired) electrons. The third kappa shape index (κ3) is 2.43. The molecule has 5 nitrogen and oxygen atoms in total. The fourth-order valence-electron chi connectivity index (χ4n) is 0.889. The Hall–Kier alpha value is -1.62. The summed E-state index contributed by atoms with van der Waals surface area (Å²) in [7, 11) is 0. The molecular weight excluding hydrogens is 208 g/mol. The van der Waals surface area contributed by atoms with E-state index in [0.29, 0.717) is 0 Å². The third-order valence-electron chi connectivity index (χ3n) is 1.37. The average Bonchev–Trinajstić information content (AvgIpc) is 2.07. The lowest BCUT2D eigenvalue weighted by Crippen LogP contribution is -2.12. The molecule has 2 N–H and O–H groups in total. The molecular formula is C8H7ClN2O3. The van der Waals surface area contributed by atoms with Gasteiger partial charge in [0, 0.05) is 6.92 Å². The van der Waals surface area contributed by atoms with Gasteiger partial charge in [0.1, 0.15) is 5.15 Å². The first-order chi connectivity index (χ1) is 6.50. The summed E-state index contributed by atoms with van der Waals surface area (Å²) < 4.78 is 0. The highest BCUT2D eigenvalue weighted by atomic mass is 35.5. The van der Waals surface area contributed by atoms with E-state index >= 15 is 0 Å². The second-order valence-corrected chi connectivity index (χ2v) is 2.90. The van der Waals surface area contributed by atoms with Crippen molar-refractivity contribution >= 4 is 29.2 Å². The number of pyridine rings is 1. The van der Waals surface area contributed by atoms with Crippen LogP contribution in [-0.4, -0.2) is 22.0 Å². The summed E-state index contributed by atoms with van der Waals surface area (Å²) in [5.41, 5.74) is -0.137. The molecule has 6 heteroatoms. The summed E-state index contributed by atoms with van der Waals surface area (Å²) in [6, 6.07) is 2.79. The maximum Gasteiger partial charge on any atom is 0.356 e. The van der Waals surface area contributed by atoms with Crippen LogP contribution in [0.2, 0.25) is 5.15 Å². The number of anilines is 1. The summed E-state index contributed by atoms with van der Waals surface area (Å²) in [5.74, 6) is -1.60. The van der Waals surface area contributed by atoms with Crippen molar-refractivity contribution in [2.45, 2.75) is 6.92 Å². The predicted molar refractivity (Wildman–Crippen MR) is 50.5 cm³/mol. The molecule has 0 saturated carbocycles. The zero-order chi connectivity index (χ0) is 10.7. The highest BCUT2D eigenvalue weighted by molar-refractivity contribution is 6.29. The van der Waals surface area contributed by atoms with Gasteiger partial charge in [-0.05, 0) is 12.1 Å². The number of amides is 1. The van der Waals surface area contributed by atoms with Crippen LogP contribution in [0.3, 0.4) is 0 Å². The fraction of sp³-hybridized carbons (Fsp3) is 0.125. The van der Waals surface area contributed by atoms with E-state index < -0.39 is 5.97 Å². The zero-order valence-electron chi connectivity index (χ0n) is 7.24. The summed E-state index contributed by atoms with van der Waals surface area (Å²) in [4.78, 5) is 25.0. The SMILES string of the molecule is CC(=O)Nc1ccc(Cl)nc1C(=O)O. The van der Waals surface area contributed by atoms with Crippen molar-refractivity contribution in [2.24, 2.45) is 0 Å². The smallest absolute Gasteiger partial charge is 0.356 e. The molecule has 0 saturated heterocycles. The molecule has 0 unspecified atom stereocenters. The fourth-order valence-corrected chi connectivity index (χ4v) is 1.04. The van der Waals surface area contributed by atoms with E-state index in [-0.39, 0.29) is 22.4 Å². The normalized spacial score (nSPS) is 9.57. The van der Waals surface area contributed by atoms with Gasteiger partial charge in [0.15, 0.2) is 5.69 Å². The minimum atomic E-state index is -1.24. The van der Waals surface area contributed by atoms with Crippen LogP contribution in [-0.2, 0) is 4.79 Å². The highest BCUT2D eigenvalue weighted by Crippen LogP contribution is 2.16. The Kier molecular flexibility index (Phi) is 3.03. The van der Waals surface area contributed by atoms with Gasteiger partial charge < -0.3 is 10.4 Å². The highest BCUT2D eigenvalue weighted by Gasteiger charge is 2.13. The van der Waals surface area contributed by atoms with E-state index in [1.54, 1.807) is 0 Å². The molecule has 1 rings (SSSR count). The summed E-state index contributed by atoms with van der Waals surface area (Å²) >= 11 is 5.51. The molecule has 1 heterocycles. The molecule has 0 fully saturated rings. The van der Waals surface area contributed by atoms with Gasteiger partial charge >= 0.3 is 5.97 Å². The Balaban J connectivity index is 3.14. The molecule has 0 atom stereocenters. The molecule has 0 spiro atoms. The Morgan fingerprint density at radius 3 is 2.64 bits per heavy atom. The molecule has 14 heavy (non-hydrogen) atoms. The molecule has 1 aromatic rings. The molecule has 74 valence electrons. The minimum absolute atomic E-state index is 0.0662. The van der Waals surface area contributed by atoms with Gasteiger partial charge in [-0.2, -0.15) is 0 Å². The van der Waals surface area contributed by atoms with Gasteiger partial charge in [0.05, 0.1) is 5.69 Å². The first-order valence-electron chi connectivity index (χ1n) is 3.68. The zero-order valence-corrected chi connectivity index (χ0v) is 8.00. The molecule has 0 aliphatic rings. The van der Waals surface area contributed by atoms with Crippen LogP contribution in [0.5, 0.6) is 0 Å². The standard InChI is InChI=1S/C8H7ClN2O3/c1-4(12)10-5-2-3-6(9)11-7(5)8(13)14/h2-3H,1H3,(H,10,12)(H,13,14). The molecule has 0 aromatic carbocycles. The topological polar surface area (TPSA) is 79.3 Å². The number of aromatic carboxylic acids is 1. The van der Waals surface area contributed by atoms with Crippen molar-refractivity contribution in [2.75, 3.05) is 5.32 Å². The number of aromatic nitrogens is 1. The van der Waals surface area contributed by atoms with E-state index in [4.69, 9.17) is 16.7 Å². The van der Waals surface area contributed by atoms with Crippen LogP contribution in [0.25, 0.3) is 0 Å².